The second-order valence-corrected chi connectivity index (χ2v) is 5.13. The van der Waals surface area contributed by atoms with Crippen molar-refractivity contribution in [1.82, 2.24) is 0 Å². The molecule has 0 bridgehead atoms. The number of phenols is 1. The number of fused-ring (bicyclic) bond motifs is 1. The van der Waals surface area contributed by atoms with Gasteiger partial charge in [-0.3, -0.25) is 4.79 Å². The van der Waals surface area contributed by atoms with Crippen LogP contribution >= 0.6 is 11.8 Å². The molecule has 2 aliphatic rings. The Labute approximate surface area is 85.5 Å². The number of anilines is 1. The average Bonchev–Trinajstić information content (AvgIpc) is 2.91. The minimum absolute atomic E-state index is 0.0384. The Balaban J connectivity index is 2.11. The molecule has 1 aromatic rings. The van der Waals surface area contributed by atoms with Gasteiger partial charge in [0, 0.05) is 4.90 Å². The van der Waals surface area contributed by atoms with Gasteiger partial charge in [0.05, 0.1) is 10.4 Å². The Bertz CT molecular complexity index is 426. The highest BCUT2D eigenvalue weighted by molar-refractivity contribution is 8.02. The van der Waals surface area contributed by atoms with Crippen molar-refractivity contribution in [3.05, 3.63) is 18.2 Å². The molecule has 0 atom stereocenters. The SMILES string of the molecule is O=C1Nc2c(O)cccc2SC12CC2. The Kier molecular flexibility index (Phi) is 1.43. The molecule has 0 radical (unpaired) electrons. The van der Waals surface area contributed by atoms with Crippen molar-refractivity contribution in [1.29, 1.82) is 0 Å². The van der Waals surface area contributed by atoms with Crippen LogP contribution in [0.5, 0.6) is 5.75 Å². The van der Waals surface area contributed by atoms with E-state index in [0.717, 1.165) is 17.7 Å². The van der Waals surface area contributed by atoms with Gasteiger partial charge in [-0.25, -0.2) is 0 Å². The summed E-state index contributed by atoms with van der Waals surface area (Å²) in [5.41, 5.74) is 0.569. The molecule has 0 aromatic heterocycles. The van der Waals surface area contributed by atoms with E-state index in [2.05, 4.69) is 5.32 Å². The van der Waals surface area contributed by atoms with E-state index in [-0.39, 0.29) is 16.4 Å². The van der Waals surface area contributed by atoms with E-state index in [1.54, 1.807) is 23.9 Å². The molecule has 1 amide bonds. The molecule has 0 unspecified atom stereocenters. The maximum absolute atomic E-state index is 11.7. The molecule has 1 aliphatic heterocycles. The van der Waals surface area contributed by atoms with E-state index in [4.69, 9.17) is 0 Å². The predicted molar refractivity (Wildman–Crippen MR) is 54.6 cm³/mol. The van der Waals surface area contributed by atoms with E-state index in [0.29, 0.717) is 5.69 Å². The Morgan fingerprint density at radius 3 is 2.93 bits per heavy atom. The summed E-state index contributed by atoms with van der Waals surface area (Å²) in [4.78, 5) is 12.6. The predicted octanol–water partition coefficient (Wildman–Crippen LogP) is 1.97. The lowest BCUT2D eigenvalue weighted by Gasteiger charge is -2.23. The van der Waals surface area contributed by atoms with Gasteiger partial charge in [0.2, 0.25) is 5.91 Å². The fraction of sp³-hybridized carbons (Fsp3) is 0.300. The fourth-order valence-electron chi connectivity index (χ4n) is 1.66. The molecule has 1 fully saturated rings. The van der Waals surface area contributed by atoms with Crippen LogP contribution in [0.3, 0.4) is 0 Å². The van der Waals surface area contributed by atoms with Crippen molar-refractivity contribution in [2.24, 2.45) is 0 Å². The van der Waals surface area contributed by atoms with Gasteiger partial charge in [0.25, 0.3) is 0 Å². The number of benzene rings is 1. The van der Waals surface area contributed by atoms with E-state index < -0.39 is 0 Å². The minimum atomic E-state index is -0.221. The quantitative estimate of drug-likeness (QED) is 0.639. The number of hydrogen-bond donors (Lipinski definition) is 2. The summed E-state index contributed by atoms with van der Waals surface area (Å²) in [6.45, 7) is 0. The first kappa shape index (κ1) is 8.17. The first-order chi connectivity index (χ1) is 6.71. The third-order valence-corrected chi connectivity index (χ3v) is 4.21. The van der Waals surface area contributed by atoms with E-state index >= 15 is 0 Å². The normalized spacial score (nSPS) is 21.6. The minimum Gasteiger partial charge on any atom is -0.506 e. The van der Waals surface area contributed by atoms with Crippen LogP contribution in [0.1, 0.15) is 12.8 Å². The Morgan fingerprint density at radius 1 is 1.43 bits per heavy atom. The summed E-state index contributed by atoms with van der Waals surface area (Å²) >= 11 is 1.58. The van der Waals surface area contributed by atoms with Crippen LogP contribution in [-0.4, -0.2) is 15.8 Å². The molecule has 4 heteroatoms. The number of amides is 1. The summed E-state index contributed by atoms with van der Waals surface area (Å²) in [5, 5.41) is 12.3. The molecule has 72 valence electrons. The second-order valence-electron chi connectivity index (χ2n) is 3.70. The third-order valence-electron chi connectivity index (χ3n) is 2.67. The number of aromatic hydroxyl groups is 1. The zero-order valence-electron chi connectivity index (χ0n) is 7.41. The molecule has 1 heterocycles. The Morgan fingerprint density at radius 2 is 2.21 bits per heavy atom. The van der Waals surface area contributed by atoms with E-state index in [1.165, 1.54) is 0 Å². The first-order valence-electron chi connectivity index (χ1n) is 4.54. The molecular formula is C10H9NO2S. The smallest absolute Gasteiger partial charge is 0.241 e. The summed E-state index contributed by atoms with van der Waals surface area (Å²) in [5.74, 6) is 0.190. The van der Waals surface area contributed by atoms with Crippen LogP contribution in [0.25, 0.3) is 0 Å². The van der Waals surface area contributed by atoms with Gasteiger partial charge in [-0.15, -0.1) is 11.8 Å². The van der Waals surface area contributed by atoms with Gasteiger partial charge in [-0.2, -0.15) is 0 Å². The third kappa shape index (κ3) is 0.973. The van der Waals surface area contributed by atoms with Crippen molar-refractivity contribution in [2.75, 3.05) is 5.32 Å². The first-order valence-corrected chi connectivity index (χ1v) is 5.35. The number of nitrogens with one attached hydrogen (secondary N) is 1. The highest BCUT2D eigenvalue weighted by Gasteiger charge is 2.53. The van der Waals surface area contributed by atoms with E-state index in [1.807, 2.05) is 6.07 Å². The molecule has 3 rings (SSSR count). The number of para-hydroxylation sites is 1. The van der Waals surface area contributed by atoms with Crippen LogP contribution in [0, 0.1) is 0 Å². The van der Waals surface area contributed by atoms with Crippen molar-refractivity contribution < 1.29 is 9.90 Å². The lowest BCUT2D eigenvalue weighted by Crippen LogP contribution is -2.30. The zero-order valence-corrected chi connectivity index (χ0v) is 8.23. The lowest BCUT2D eigenvalue weighted by molar-refractivity contribution is -0.116. The topological polar surface area (TPSA) is 49.3 Å². The number of hydrogen-bond acceptors (Lipinski definition) is 3. The fourth-order valence-corrected chi connectivity index (χ4v) is 2.93. The summed E-state index contributed by atoms with van der Waals surface area (Å²) in [7, 11) is 0. The van der Waals surface area contributed by atoms with Gasteiger partial charge >= 0.3 is 0 Å². The van der Waals surface area contributed by atoms with Crippen LogP contribution in [0.4, 0.5) is 5.69 Å². The number of carbonyl (C=O) groups excluding carboxylic acids is 1. The molecule has 14 heavy (non-hydrogen) atoms. The van der Waals surface area contributed by atoms with Gasteiger partial charge in [0.1, 0.15) is 5.75 Å². The highest BCUT2D eigenvalue weighted by atomic mass is 32.2. The Hall–Kier alpha value is -1.16. The zero-order chi connectivity index (χ0) is 9.76. The maximum atomic E-state index is 11.7. The summed E-state index contributed by atoms with van der Waals surface area (Å²) < 4.78 is -0.221. The van der Waals surface area contributed by atoms with Gasteiger partial charge in [-0.05, 0) is 25.0 Å². The van der Waals surface area contributed by atoms with Gasteiger partial charge in [0.15, 0.2) is 0 Å². The lowest BCUT2D eigenvalue weighted by atomic mass is 10.2. The number of rotatable bonds is 0. The van der Waals surface area contributed by atoms with E-state index in [9.17, 15) is 9.90 Å². The number of phenolic OH excluding ortho intramolecular Hbond substituents is 1. The molecule has 2 N–H and O–H groups in total. The van der Waals surface area contributed by atoms with Crippen LogP contribution in [0.15, 0.2) is 23.1 Å². The largest absolute Gasteiger partial charge is 0.506 e. The summed E-state index contributed by atoms with van der Waals surface area (Å²) in [6.07, 6.45) is 1.89. The number of carbonyl (C=O) groups is 1. The standard InChI is InChI=1S/C10H9NO2S/c12-6-2-1-3-7-8(6)11-9(13)10(14-7)4-5-10/h1-3,12H,4-5H2,(H,11,13). The van der Waals surface area contributed by atoms with Gasteiger partial charge in [-0.1, -0.05) is 6.07 Å². The second kappa shape index (κ2) is 2.45. The monoisotopic (exact) mass is 207 g/mol. The van der Waals surface area contributed by atoms with Crippen molar-refractivity contribution >= 4 is 23.4 Å². The molecule has 1 aliphatic carbocycles. The van der Waals surface area contributed by atoms with Crippen molar-refractivity contribution in [3.8, 4) is 5.75 Å². The highest BCUT2D eigenvalue weighted by Crippen LogP contribution is 2.57. The summed E-state index contributed by atoms with van der Waals surface area (Å²) in [6, 6.07) is 5.32. The molecule has 1 aromatic carbocycles. The molecule has 1 saturated carbocycles. The maximum Gasteiger partial charge on any atom is 0.241 e. The average molecular weight is 207 g/mol. The molecule has 0 saturated heterocycles. The van der Waals surface area contributed by atoms with Gasteiger partial charge < -0.3 is 10.4 Å². The van der Waals surface area contributed by atoms with Crippen LogP contribution < -0.4 is 5.32 Å². The van der Waals surface area contributed by atoms with Crippen molar-refractivity contribution in [2.45, 2.75) is 22.5 Å². The number of thioether (sulfide) groups is 1. The van der Waals surface area contributed by atoms with Crippen LogP contribution in [0.2, 0.25) is 0 Å². The molecule has 3 nitrogen and oxygen atoms in total. The molecular weight excluding hydrogens is 198 g/mol. The van der Waals surface area contributed by atoms with Crippen molar-refractivity contribution in [3.63, 3.8) is 0 Å². The molecule has 1 spiro atoms. The van der Waals surface area contributed by atoms with Crippen LogP contribution in [-0.2, 0) is 4.79 Å².